The molecule has 0 bridgehead atoms. The molecule has 0 unspecified atom stereocenters. The Hall–Kier alpha value is -1.67. The van der Waals surface area contributed by atoms with E-state index in [1.54, 1.807) is 0 Å². The van der Waals surface area contributed by atoms with Crippen LogP contribution in [0.5, 0.6) is 5.75 Å². The van der Waals surface area contributed by atoms with Gasteiger partial charge >= 0.3 is 0 Å². The molecule has 0 fully saturated rings. The van der Waals surface area contributed by atoms with Gasteiger partial charge in [-0.25, -0.2) is 0 Å². The smallest absolute Gasteiger partial charge is 0.119 e. The lowest BCUT2D eigenvalue weighted by atomic mass is 10.2. The molecule has 2 rings (SSSR count). The zero-order valence-electron chi connectivity index (χ0n) is 11.2. The highest BCUT2D eigenvalue weighted by molar-refractivity contribution is 6.30. The van der Waals surface area contributed by atoms with Gasteiger partial charge < -0.3 is 10.1 Å². The van der Waals surface area contributed by atoms with Gasteiger partial charge in [0.05, 0.1) is 6.10 Å². The Morgan fingerprint density at radius 1 is 1.00 bits per heavy atom. The lowest BCUT2D eigenvalue weighted by Gasteiger charge is -2.11. The van der Waals surface area contributed by atoms with E-state index in [2.05, 4.69) is 17.4 Å². The third-order valence-electron chi connectivity index (χ3n) is 2.64. The van der Waals surface area contributed by atoms with Crippen molar-refractivity contribution in [3.8, 4) is 5.75 Å². The van der Waals surface area contributed by atoms with Crippen molar-refractivity contribution in [1.29, 1.82) is 0 Å². The van der Waals surface area contributed by atoms with Crippen LogP contribution in [0, 0.1) is 0 Å². The summed E-state index contributed by atoms with van der Waals surface area (Å²) in [5.74, 6) is 0.908. The van der Waals surface area contributed by atoms with Gasteiger partial charge in [-0.05, 0) is 55.8 Å². The lowest BCUT2D eigenvalue weighted by Crippen LogP contribution is -2.05. The topological polar surface area (TPSA) is 21.3 Å². The van der Waals surface area contributed by atoms with Gasteiger partial charge in [0.25, 0.3) is 0 Å². The van der Waals surface area contributed by atoms with Gasteiger partial charge in [-0.15, -0.1) is 0 Å². The van der Waals surface area contributed by atoms with Crippen LogP contribution in [0.4, 0.5) is 5.69 Å². The average Bonchev–Trinajstić information content (AvgIpc) is 2.39. The van der Waals surface area contributed by atoms with E-state index in [1.165, 1.54) is 5.56 Å². The van der Waals surface area contributed by atoms with E-state index in [4.69, 9.17) is 16.3 Å². The fraction of sp³-hybridized carbons (Fsp3) is 0.250. The van der Waals surface area contributed by atoms with Crippen LogP contribution in [0.1, 0.15) is 19.4 Å². The molecule has 0 saturated carbocycles. The number of nitrogens with one attached hydrogen (secondary N) is 1. The summed E-state index contributed by atoms with van der Waals surface area (Å²) >= 11 is 5.85. The summed E-state index contributed by atoms with van der Waals surface area (Å²) in [6, 6.07) is 15.8. The van der Waals surface area contributed by atoms with E-state index < -0.39 is 0 Å². The van der Waals surface area contributed by atoms with E-state index >= 15 is 0 Å². The number of anilines is 1. The molecule has 2 aromatic rings. The fourth-order valence-electron chi connectivity index (χ4n) is 1.73. The van der Waals surface area contributed by atoms with E-state index in [-0.39, 0.29) is 6.10 Å². The summed E-state index contributed by atoms with van der Waals surface area (Å²) in [7, 11) is 0. The van der Waals surface area contributed by atoms with Crippen LogP contribution >= 0.6 is 11.6 Å². The first kappa shape index (κ1) is 13.8. The maximum Gasteiger partial charge on any atom is 0.119 e. The molecule has 0 saturated heterocycles. The summed E-state index contributed by atoms with van der Waals surface area (Å²) in [4.78, 5) is 0. The molecule has 0 aromatic heterocycles. The Balaban J connectivity index is 1.91. The Bertz CT molecular complexity index is 505. The van der Waals surface area contributed by atoms with E-state index in [1.807, 2.05) is 50.2 Å². The molecule has 2 aromatic carbocycles. The van der Waals surface area contributed by atoms with Crippen LogP contribution < -0.4 is 10.1 Å². The van der Waals surface area contributed by atoms with Gasteiger partial charge in [0, 0.05) is 17.3 Å². The third-order valence-corrected chi connectivity index (χ3v) is 2.89. The van der Waals surface area contributed by atoms with Crippen molar-refractivity contribution in [1.82, 2.24) is 0 Å². The number of rotatable bonds is 5. The molecule has 3 heteroatoms. The minimum Gasteiger partial charge on any atom is -0.491 e. The van der Waals surface area contributed by atoms with E-state index in [9.17, 15) is 0 Å². The van der Waals surface area contributed by atoms with Crippen molar-refractivity contribution in [2.45, 2.75) is 26.5 Å². The number of halogens is 1. The van der Waals surface area contributed by atoms with Gasteiger partial charge in [-0.1, -0.05) is 23.7 Å². The molecule has 0 radical (unpaired) electrons. The van der Waals surface area contributed by atoms with Crippen LogP contribution in [0.15, 0.2) is 48.5 Å². The first-order valence-corrected chi connectivity index (χ1v) is 6.76. The monoisotopic (exact) mass is 275 g/mol. The summed E-state index contributed by atoms with van der Waals surface area (Å²) < 4.78 is 5.61. The molecular formula is C16H18ClNO. The molecule has 0 spiro atoms. The van der Waals surface area contributed by atoms with Crippen LogP contribution in [0.3, 0.4) is 0 Å². The molecular weight excluding hydrogens is 258 g/mol. The first-order valence-electron chi connectivity index (χ1n) is 6.38. The van der Waals surface area contributed by atoms with E-state index in [0.29, 0.717) is 0 Å². The molecule has 0 amide bonds. The molecule has 0 aliphatic rings. The van der Waals surface area contributed by atoms with Crippen LogP contribution in [-0.2, 0) is 6.54 Å². The van der Waals surface area contributed by atoms with Crippen molar-refractivity contribution in [2.75, 3.05) is 5.32 Å². The second-order valence-electron chi connectivity index (χ2n) is 4.67. The highest BCUT2D eigenvalue weighted by atomic mass is 35.5. The summed E-state index contributed by atoms with van der Waals surface area (Å²) in [5.41, 5.74) is 2.28. The number of hydrogen-bond donors (Lipinski definition) is 1. The molecule has 0 aliphatic carbocycles. The highest BCUT2D eigenvalue weighted by Gasteiger charge is 1.98. The Morgan fingerprint density at radius 2 is 1.63 bits per heavy atom. The average molecular weight is 276 g/mol. The highest BCUT2D eigenvalue weighted by Crippen LogP contribution is 2.16. The zero-order valence-corrected chi connectivity index (χ0v) is 11.9. The van der Waals surface area contributed by atoms with Crippen molar-refractivity contribution in [3.63, 3.8) is 0 Å². The normalized spacial score (nSPS) is 10.5. The van der Waals surface area contributed by atoms with Crippen molar-refractivity contribution in [2.24, 2.45) is 0 Å². The van der Waals surface area contributed by atoms with Gasteiger partial charge in [0.1, 0.15) is 5.75 Å². The largest absolute Gasteiger partial charge is 0.491 e. The van der Waals surface area contributed by atoms with Gasteiger partial charge in [-0.3, -0.25) is 0 Å². The molecule has 100 valence electrons. The second kappa shape index (κ2) is 6.48. The minimum absolute atomic E-state index is 0.207. The summed E-state index contributed by atoms with van der Waals surface area (Å²) in [6.07, 6.45) is 0.207. The van der Waals surface area contributed by atoms with Gasteiger partial charge in [0.15, 0.2) is 0 Å². The number of benzene rings is 2. The van der Waals surface area contributed by atoms with Crippen molar-refractivity contribution < 1.29 is 4.74 Å². The Kier molecular flexibility index (Phi) is 4.69. The maximum absolute atomic E-state index is 5.85. The fourth-order valence-corrected chi connectivity index (χ4v) is 1.86. The number of hydrogen-bond acceptors (Lipinski definition) is 2. The zero-order chi connectivity index (χ0) is 13.7. The minimum atomic E-state index is 0.207. The van der Waals surface area contributed by atoms with E-state index in [0.717, 1.165) is 23.0 Å². The van der Waals surface area contributed by atoms with Crippen molar-refractivity contribution >= 4 is 17.3 Å². The predicted octanol–water partition coefficient (Wildman–Crippen LogP) is 4.74. The Labute approximate surface area is 119 Å². The number of ether oxygens (including phenoxy) is 1. The van der Waals surface area contributed by atoms with Crippen LogP contribution in [-0.4, -0.2) is 6.10 Å². The summed E-state index contributed by atoms with van der Waals surface area (Å²) in [5, 5.41) is 4.10. The third kappa shape index (κ3) is 4.49. The maximum atomic E-state index is 5.85. The van der Waals surface area contributed by atoms with Crippen molar-refractivity contribution in [3.05, 3.63) is 59.1 Å². The van der Waals surface area contributed by atoms with Crippen LogP contribution in [0.2, 0.25) is 5.02 Å². The molecule has 1 N–H and O–H groups in total. The predicted molar refractivity (Wildman–Crippen MR) is 81.0 cm³/mol. The standard InChI is InChI=1S/C16H18ClNO/c1-12(2)19-16-9-3-13(4-10-16)11-18-15-7-5-14(17)6-8-15/h3-10,12,18H,11H2,1-2H3. The second-order valence-corrected chi connectivity index (χ2v) is 5.11. The first-order chi connectivity index (χ1) is 9.13. The molecule has 19 heavy (non-hydrogen) atoms. The molecule has 2 nitrogen and oxygen atoms in total. The molecule has 0 atom stereocenters. The van der Waals surface area contributed by atoms with Gasteiger partial charge in [0.2, 0.25) is 0 Å². The Morgan fingerprint density at radius 3 is 2.21 bits per heavy atom. The SMILES string of the molecule is CC(C)Oc1ccc(CNc2ccc(Cl)cc2)cc1. The molecule has 0 heterocycles. The quantitative estimate of drug-likeness (QED) is 0.851. The van der Waals surface area contributed by atoms with Crippen LogP contribution in [0.25, 0.3) is 0 Å². The molecule has 0 aliphatic heterocycles. The van der Waals surface area contributed by atoms with Gasteiger partial charge in [-0.2, -0.15) is 0 Å². The summed E-state index contributed by atoms with van der Waals surface area (Å²) in [6.45, 7) is 4.83. The lowest BCUT2D eigenvalue weighted by molar-refractivity contribution is 0.242.